The molecule has 3 heterocycles. The third kappa shape index (κ3) is 4.77. The highest BCUT2D eigenvalue weighted by atomic mass is 32.2. The maximum Gasteiger partial charge on any atom is 0.255 e. The fraction of sp³-hybridized carbons (Fsp3) is 0.500. The Kier molecular flexibility index (Phi) is 6.87. The van der Waals surface area contributed by atoms with Gasteiger partial charge in [0.25, 0.3) is 5.91 Å². The molecule has 8 heteroatoms. The summed E-state index contributed by atoms with van der Waals surface area (Å²) in [6.45, 7) is 4.95. The van der Waals surface area contributed by atoms with E-state index >= 15 is 0 Å². The summed E-state index contributed by atoms with van der Waals surface area (Å²) < 4.78 is 27.9. The third-order valence-corrected chi connectivity index (χ3v) is 8.86. The van der Waals surface area contributed by atoms with E-state index in [9.17, 15) is 13.2 Å². The van der Waals surface area contributed by atoms with Crippen molar-refractivity contribution in [2.45, 2.75) is 30.6 Å². The van der Waals surface area contributed by atoms with Gasteiger partial charge in [0, 0.05) is 50.7 Å². The van der Waals surface area contributed by atoms with Gasteiger partial charge in [0.15, 0.2) is 0 Å². The van der Waals surface area contributed by atoms with Crippen LogP contribution in [0.15, 0.2) is 46.7 Å². The van der Waals surface area contributed by atoms with Crippen LogP contribution in [0, 0.1) is 0 Å². The molecule has 0 N–H and O–H groups in total. The van der Waals surface area contributed by atoms with Crippen LogP contribution in [-0.4, -0.2) is 74.2 Å². The van der Waals surface area contributed by atoms with Crippen LogP contribution in [0.25, 0.3) is 0 Å². The van der Waals surface area contributed by atoms with E-state index in [1.165, 1.54) is 9.18 Å². The molecule has 0 spiro atoms. The van der Waals surface area contributed by atoms with Gasteiger partial charge in [-0.3, -0.25) is 9.69 Å². The molecule has 1 aromatic carbocycles. The van der Waals surface area contributed by atoms with E-state index in [4.69, 9.17) is 0 Å². The van der Waals surface area contributed by atoms with Crippen LogP contribution in [0.5, 0.6) is 0 Å². The van der Waals surface area contributed by atoms with Crippen molar-refractivity contribution in [2.24, 2.45) is 0 Å². The van der Waals surface area contributed by atoms with Crippen LogP contribution in [0.2, 0.25) is 0 Å². The standard InChI is InChI=1S/C22H29N3O3S2/c26-22(24-16-14-23(15-17-24)13-10-19-7-6-18-29-19)20-8-2-3-9-21(20)30(27,28)25-11-4-1-5-12-25/h2-3,6-9,18H,1,4-5,10-17H2. The van der Waals surface area contributed by atoms with Crippen LogP contribution >= 0.6 is 11.3 Å². The first-order valence-electron chi connectivity index (χ1n) is 10.7. The number of amides is 1. The molecule has 0 saturated carbocycles. The molecular formula is C22H29N3O3S2. The number of carbonyl (C=O) groups excluding carboxylic acids is 1. The lowest BCUT2D eigenvalue weighted by Crippen LogP contribution is -2.49. The molecule has 1 aromatic heterocycles. The van der Waals surface area contributed by atoms with Gasteiger partial charge in [0.2, 0.25) is 10.0 Å². The third-order valence-electron chi connectivity index (χ3n) is 5.96. The Morgan fingerprint density at radius 3 is 2.33 bits per heavy atom. The Morgan fingerprint density at radius 1 is 0.900 bits per heavy atom. The van der Waals surface area contributed by atoms with Gasteiger partial charge in [0.05, 0.1) is 10.5 Å². The van der Waals surface area contributed by atoms with Crippen molar-refractivity contribution in [3.63, 3.8) is 0 Å². The van der Waals surface area contributed by atoms with Crippen molar-refractivity contribution in [1.29, 1.82) is 0 Å². The van der Waals surface area contributed by atoms with Crippen LogP contribution in [-0.2, 0) is 16.4 Å². The topological polar surface area (TPSA) is 60.9 Å². The first-order chi connectivity index (χ1) is 14.6. The molecule has 4 rings (SSSR count). The van der Waals surface area contributed by atoms with E-state index in [0.29, 0.717) is 31.7 Å². The van der Waals surface area contributed by atoms with Crippen LogP contribution in [0.1, 0.15) is 34.5 Å². The summed E-state index contributed by atoms with van der Waals surface area (Å²) in [6, 6.07) is 10.9. The number of piperazine rings is 1. The summed E-state index contributed by atoms with van der Waals surface area (Å²) in [7, 11) is -3.64. The lowest BCUT2D eigenvalue weighted by Gasteiger charge is -2.35. The molecule has 2 saturated heterocycles. The molecule has 0 atom stereocenters. The van der Waals surface area contributed by atoms with Crippen LogP contribution in [0.4, 0.5) is 0 Å². The predicted molar refractivity (Wildman–Crippen MR) is 119 cm³/mol. The van der Waals surface area contributed by atoms with E-state index in [1.54, 1.807) is 40.5 Å². The highest BCUT2D eigenvalue weighted by Gasteiger charge is 2.32. The van der Waals surface area contributed by atoms with Gasteiger partial charge in [-0.15, -0.1) is 11.3 Å². The summed E-state index contributed by atoms with van der Waals surface area (Å²) in [5, 5.41) is 2.10. The average Bonchev–Trinajstić information content (AvgIpc) is 3.32. The maximum absolute atomic E-state index is 13.2. The molecule has 0 aliphatic carbocycles. The molecule has 2 fully saturated rings. The predicted octanol–water partition coefficient (Wildman–Crippen LogP) is 2.92. The molecule has 30 heavy (non-hydrogen) atoms. The van der Waals surface area contributed by atoms with E-state index < -0.39 is 10.0 Å². The van der Waals surface area contributed by atoms with Crippen molar-refractivity contribution in [2.75, 3.05) is 45.8 Å². The van der Waals surface area contributed by atoms with Gasteiger partial charge in [-0.05, 0) is 42.8 Å². The SMILES string of the molecule is O=C(c1ccccc1S(=O)(=O)N1CCCCC1)N1CCN(CCc2cccs2)CC1. The van der Waals surface area contributed by atoms with Gasteiger partial charge in [-0.2, -0.15) is 4.31 Å². The largest absolute Gasteiger partial charge is 0.336 e. The highest BCUT2D eigenvalue weighted by molar-refractivity contribution is 7.89. The zero-order valence-corrected chi connectivity index (χ0v) is 18.8. The minimum Gasteiger partial charge on any atom is -0.336 e. The number of piperidine rings is 1. The Balaban J connectivity index is 1.42. The Bertz CT molecular complexity index is 946. The molecule has 2 aliphatic rings. The number of sulfonamides is 1. The smallest absolute Gasteiger partial charge is 0.255 e. The lowest BCUT2D eigenvalue weighted by molar-refractivity contribution is 0.0634. The number of thiophene rings is 1. The summed E-state index contributed by atoms with van der Waals surface area (Å²) in [6.07, 6.45) is 3.84. The Morgan fingerprint density at radius 2 is 1.63 bits per heavy atom. The molecule has 2 aliphatic heterocycles. The van der Waals surface area contributed by atoms with Crippen molar-refractivity contribution >= 4 is 27.3 Å². The minimum atomic E-state index is -3.64. The van der Waals surface area contributed by atoms with Crippen molar-refractivity contribution in [3.05, 3.63) is 52.2 Å². The van der Waals surface area contributed by atoms with Crippen LogP contribution < -0.4 is 0 Å². The fourth-order valence-corrected chi connectivity index (χ4v) is 6.58. The van der Waals surface area contributed by atoms with Crippen molar-refractivity contribution in [3.8, 4) is 0 Å². The highest BCUT2D eigenvalue weighted by Crippen LogP contribution is 2.25. The summed E-state index contributed by atoms with van der Waals surface area (Å²) in [4.78, 5) is 18.9. The molecule has 0 bridgehead atoms. The molecule has 1 amide bonds. The maximum atomic E-state index is 13.2. The minimum absolute atomic E-state index is 0.150. The van der Waals surface area contributed by atoms with Gasteiger partial charge in [-0.25, -0.2) is 8.42 Å². The number of carbonyl (C=O) groups is 1. The van der Waals surface area contributed by atoms with E-state index in [1.807, 2.05) is 0 Å². The zero-order chi connectivity index (χ0) is 21.0. The fourth-order valence-electron chi connectivity index (χ4n) is 4.18. The molecule has 0 unspecified atom stereocenters. The van der Waals surface area contributed by atoms with Crippen LogP contribution in [0.3, 0.4) is 0 Å². The number of hydrogen-bond acceptors (Lipinski definition) is 5. The zero-order valence-electron chi connectivity index (χ0n) is 17.2. The normalized spacial score (nSPS) is 19.1. The monoisotopic (exact) mass is 447 g/mol. The molecule has 6 nitrogen and oxygen atoms in total. The van der Waals surface area contributed by atoms with Crippen molar-refractivity contribution < 1.29 is 13.2 Å². The average molecular weight is 448 g/mol. The Hall–Kier alpha value is -1.74. The summed E-state index contributed by atoms with van der Waals surface area (Å²) >= 11 is 1.78. The summed E-state index contributed by atoms with van der Waals surface area (Å²) in [5.41, 5.74) is 0.301. The number of nitrogens with zero attached hydrogens (tertiary/aromatic N) is 3. The van der Waals surface area contributed by atoms with Gasteiger partial charge in [-0.1, -0.05) is 24.6 Å². The number of hydrogen-bond donors (Lipinski definition) is 0. The van der Waals surface area contributed by atoms with Crippen molar-refractivity contribution in [1.82, 2.24) is 14.1 Å². The molecule has 162 valence electrons. The lowest BCUT2D eigenvalue weighted by atomic mass is 10.1. The summed E-state index contributed by atoms with van der Waals surface area (Å²) in [5.74, 6) is -0.177. The van der Waals surface area contributed by atoms with Gasteiger partial charge < -0.3 is 4.90 Å². The Labute approximate surface area is 183 Å². The number of benzene rings is 1. The second-order valence-electron chi connectivity index (χ2n) is 7.92. The quantitative estimate of drug-likeness (QED) is 0.683. The molecule has 0 radical (unpaired) electrons. The molecule has 2 aromatic rings. The number of rotatable bonds is 6. The van der Waals surface area contributed by atoms with Gasteiger partial charge in [0.1, 0.15) is 0 Å². The first-order valence-corrected chi connectivity index (χ1v) is 13.0. The van der Waals surface area contributed by atoms with E-state index in [0.717, 1.165) is 45.3 Å². The second-order valence-corrected chi connectivity index (χ2v) is 10.9. The first kappa shape index (κ1) is 21.5. The van der Waals surface area contributed by atoms with E-state index in [2.05, 4.69) is 22.4 Å². The second kappa shape index (κ2) is 9.60. The van der Waals surface area contributed by atoms with Gasteiger partial charge >= 0.3 is 0 Å². The van der Waals surface area contributed by atoms with E-state index in [-0.39, 0.29) is 10.8 Å². The molecular weight excluding hydrogens is 418 g/mol.